The lowest BCUT2D eigenvalue weighted by Gasteiger charge is -1.92. The molecule has 0 saturated carbocycles. The molecular formula is C5H8BN2. The van der Waals surface area contributed by atoms with E-state index in [2.05, 4.69) is 4.98 Å². The van der Waals surface area contributed by atoms with Crippen molar-refractivity contribution in [2.75, 3.05) is 0 Å². The molecule has 0 fully saturated rings. The van der Waals surface area contributed by atoms with Gasteiger partial charge in [-0.2, -0.15) is 0 Å². The quantitative estimate of drug-likeness (QED) is 0.454. The number of imidazole rings is 1. The van der Waals surface area contributed by atoms with Crippen molar-refractivity contribution in [3.63, 3.8) is 0 Å². The molecule has 0 aromatic carbocycles. The molecule has 0 spiro atoms. The molecule has 0 bridgehead atoms. The van der Waals surface area contributed by atoms with Gasteiger partial charge in [0.15, 0.2) is 7.28 Å². The summed E-state index contributed by atoms with van der Waals surface area (Å²) in [5.74, 6) is 0. The molecule has 41 valence electrons. The molecule has 0 unspecified atom stereocenters. The molecule has 1 rings (SSSR count). The molecule has 0 N–H and O–H groups in total. The monoisotopic (exact) mass is 107 g/mol. The average Bonchev–Trinajstić information content (AvgIpc) is 2.14. The van der Waals surface area contributed by atoms with E-state index in [4.69, 9.17) is 0 Å². The topological polar surface area (TPSA) is 17.8 Å². The lowest BCUT2D eigenvalue weighted by atomic mass is 9.78. The number of rotatable bonds is 1. The summed E-state index contributed by atoms with van der Waals surface area (Å²) in [6, 6.07) is 0. The van der Waals surface area contributed by atoms with Crippen LogP contribution in [0.1, 0.15) is 0 Å². The fraction of sp³-hybridized carbons (Fsp3) is 0.400. The second-order valence-corrected chi connectivity index (χ2v) is 1.72. The Morgan fingerprint density at radius 2 is 2.50 bits per heavy atom. The van der Waals surface area contributed by atoms with Crippen LogP contribution in [0.4, 0.5) is 0 Å². The molecule has 0 saturated heterocycles. The van der Waals surface area contributed by atoms with Gasteiger partial charge in [-0.15, -0.1) is 0 Å². The summed E-state index contributed by atoms with van der Waals surface area (Å²) in [6.45, 7) is 2.00. The Morgan fingerprint density at radius 3 is 2.75 bits per heavy atom. The summed E-state index contributed by atoms with van der Waals surface area (Å²) in [7, 11) is 4.00. The maximum Gasteiger partial charge on any atom is 0.173 e. The van der Waals surface area contributed by atoms with Gasteiger partial charge in [0.2, 0.25) is 0 Å². The molecule has 3 heteroatoms. The molecule has 1 heterocycles. The van der Waals surface area contributed by atoms with Crippen molar-refractivity contribution in [1.29, 1.82) is 0 Å². The van der Waals surface area contributed by atoms with Crippen LogP contribution < -0.4 is 5.59 Å². The first-order chi connectivity index (χ1) is 3.84. The van der Waals surface area contributed by atoms with E-state index in [-0.39, 0.29) is 0 Å². The van der Waals surface area contributed by atoms with Crippen LogP contribution >= 0.6 is 0 Å². The van der Waals surface area contributed by atoms with Gasteiger partial charge >= 0.3 is 0 Å². The molecule has 0 atom stereocenters. The molecule has 0 aliphatic carbocycles. The van der Waals surface area contributed by atoms with Crippen molar-refractivity contribution in [3.8, 4) is 0 Å². The van der Waals surface area contributed by atoms with E-state index in [9.17, 15) is 0 Å². The molecular weight excluding hydrogens is 98.9 g/mol. The molecule has 0 amide bonds. The Bertz CT molecular complexity index is 171. The molecule has 1 aromatic heterocycles. The standard InChI is InChI=1S/C5H8BN2/c1-6-5-3-7-4-8(5)2/h3-4H,1-2H3. The number of aryl methyl sites for hydroxylation is 1. The van der Waals surface area contributed by atoms with Crippen molar-refractivity contribution >= 4 is 12.9 Å². The molecule has 0 aliphatic rings. The van der Waals surface area contributed by atoms with Gasteiger partial charge < -0.3 is 4.57 Å². The Kier molecular flexibility index (Phi) is 1.37. The SMILES string of the molecule is C[B]c1cncn1C. The summed E-state index contributed by atoms with van der Waals surface area (Å²) < 4.78 is 1.97. The van der Waals surface area contributed by atoms with Crippen LogP contribution in [0.15, 0.2) is 12.5 Å². The van der Waals surface area contributed by atoms with Gasteiger partial charge in [0, 0.05) is 13.2 Å². The summed E-state index contributed by atoms with van der Waals surface area (Å²) >= 11 is 0. The third-order valence-corrected chi connectivity index (χ3v) is 1.15. The van der Waals surface area contributed by atoms with E-state index in [1.54, 1.807) is 6.33 Å². The first-order valence-electron chi connectivity index (χ1n) is 2.60. The summed E-state index contributed by atoms with van der Waals surface area (Å²) in [6.07, 6.45) is 3.62. The van der Waals surface area contributed by atoms with E-state index in [0.29, 0.717) is 0 Å². The fourth-order valence-electron chi connectivity index (χ4n) is 0.646. The molecule has 8 heavy (non-hydrogen) atoms. The van der Waals surface area contributed by atoms with E-state index in [0.717, 1.165) is 5.59 Å². The first kappa shape index (κ1) is 5.41. The minimum absolute atomic E-state index is 1.16. The highest BCUT2D eigenvalue weighted by atomic mass is 15.0. The highest BCUT2D eigenvalue weighted by Gasteiger charge is 1.91. The maximum absolute atomic E-state index is 3.92. The smallest absolute Gasteiger partial charge is 0.173 e. The van der Waals surface area contributed by atoms with Crippen LogP contribution in [0, 0.1) is 0 Å². The highest BCUT2D eigenvalue weighted by molar-refractivity contribution is 6.50. The second kappa shape index (κ2) is 2.03. The zero-order valence-electron chi connectivity index (χ0n) is 5.13. The van der Waals surface area contributed by atoms with Gasteiger partial charge in [-0.3, -0.25) is 0 Å². The third-order valence-electron chi connectivity index (χ3n) is 1.15. The Morgan fingerprint density at radius 1 is 1.75 bits per heavy atom. The molecule has 1 aromatic rings. The predicted molar refractivity (Wildman–Crippen MR) is 34.5 cm³/mol. The second-order valence-electron chi connectivity index (χ2n) is 1.72. The largest absolute Gasteiger partial charge is 0.347 e. The Hall–Kier alpha value is -0.725. The molecule has 2 nitrogen and oxygen atoms in total. The maximum atomic E-state index is 3.92. The van der Waals surface area contributed by atoms with Gasteiger partial charge in [-0.1, -0.05) is 6.82 Å². The summed E-state index contributed by atoms with van der Waals surface area (Å²) in [4.78, 5) is 3.92. The Labute approximate surface area is 49.8 Å². The summed E-state index contributed by atoms with van der Waals surface area (Å²) in [5, 5.41) is 0. The van der Waals surface area contributed by atoms with Crippen molar-refractivity contribution in [2.24, 2.45) is 7.05 Å². The minimum Gasteiger partial charge on any atom is -0.347 e. The van der Waals surface area contributed by atoms with Crippen LogP contribution in [0.25, 0.3) is 0 Å². The minimum atomic E-state index is 1.16. The van der Waals surface area contributed by atoms with E-state index in [1.807, 2.05) is 31.9 Å². The van der Waals surface area contributed by atoms with Crippen LogP contribution in [0.2, 0.25) is 6.82 Å². The summed E-state index contributed by atoms with van der Waals surface area (Å²) in [5.41, 5.74) is 1.16. The van der Waals surface area contributed by atoms with E-state index < -0.39 is 0 Å². The van der Waals surface area contributed by atoms with Crippen molar-refractivity contribution in [2.45, 2.75) is 6.82 Å². The lowest BCUT2D eigenvalue weighted by Crippen LogP contribution is -2.18. The number of aromatic nitrogens is 2. The number of hydrogen-bond acceptors (Lipinski definition) is 1. The van der Waals surface area contributed by atoms with Crippen LogP contribution in [-0.2, 0) is 7.05 Å². The zero-order valence-corrected chi connectivity index (χ0v) is 5.13. The van der Waals surface area contributed by atoms with Crippen LogP contribution in [-0.4, -0.2) is 16.8 Å². The molecule has 0 aliphatic heterocycles. The van der Waals surface area contributed by atoms with Crippen molar-refractivity contribution in [1.82, 2.24) is 9.55 Å². The first-order valence-corrected chi connectivity index (χ1v) is 2.60. The number of hydrogen-bond donors (Lipinski definition) is 0. The van der Waals surface area contributed by atoms with Crippen molar-refractivity contribution < 1.29 is 0 Å². The predicted octanol–water partition coefficient (Wildman–Crippen LogP) is -0.202. The zero-order chi connectivity index (χ0) is 5.98. The van der Waals surface area contributed by atoms with E-state index in [1.165, 1.54) is 0 Å². The average molecular weight is 107 g/mol. The lowest BCUT2D eigenvalue weighted by molar-refractivity contribution is 0.938. The van der Waals surface area contributed by atoms with Gasteiger partial charge in [0.25, 0.3) is 0 Å². The fourth-order valence-corrected chi connectivity index (χ4v) is 0.646. The van der Waals surface area contributed by atoms with Gasteiger partial charge in [0.1, 0.15) is 0 Å². The van der Waals surface area contributed by atoms with Crippen LogP contribution in [0.5, 0.6) is 0 Å². The third kappa shape index (κ3) is 0.758. The number of nitrogens with zero attached hydrogens (tertiary/aromatic N) is 2. The normalized spacial score (nSPS) is 9.25. The Balaban J connectivity index is 2.92. The van der Waals surface area contributed by atoms with E-state index >= 15 is 0 Å². The van der Waals surface area contributed by atoms with Gasteiger partial charge in [0.05, 0.1) is 6.33 Å². The highest BCUT2D eigenvalue weighted by Crippen LogP contribution is 1.73. The van der Waals surface area contributed by atoms with Crippen molar-refractivity contribution in [3.05, 3.63) is 12.5 Å². The van der Waals surface area contributed by atoms with Gasteiger partial charge in [-0.05, 0) is 5.59 Å². The van der Waals surface area contributed by atoms with Gasteiger partial charge in [-0.25, -0.2) is 4.98 Å². The molecule has 1 radical (unpaired) electrons. The van der Waals surface area contributed by atoms with Crippen LogP contribution in [0.3, 0.4) is 0 Å².